The first kappa shape index (κ1) is 15.5. The van der Waals surface area contributed by atoms with E-state index in [1.165, 1.54) is 12.1 Å². The zero-order valence-electron chi connectivity index (χ0n) is 10.6. The molecule has 0 radical (unpaired) electrons. The summed E-state index contributed by atoms with van der Waals surface area (Å²) < 4.78 is 43.5. The summed E-state index contributed by atoms with van der Waals surface area (Å²) in [6.45, 7) is 1.54. The molecule has 0 bridgehead atoms. The van der Waals surface area contributed by atoms with Crippen molar-refractivity contribution in [2.24, 2.45) is 0 Å². The van der Waals surface area contributed by atoms with Crippen LogP contribution in [0.5, 0.6) is 0 Å². The Hall–Kier alpha value is -1.56. The SMILES string of the molecule is CCCC(O)(c1cccc(C(=O)OC)c1)C(F)(F)F. The van der Waals surface area contributed by atoms with Crippen LogP contribution in [-0.4, -0.2) is 24.4 Å². The highest BCUT2D eigenvalue weighted by Gasteiger charge is 2.54. The Labute approximate surface area is 109 Å². The van der Waals surface area contributed by atoms with E-state index in [1.54, 1.807) is 6.92 Å². The van der Waals surface area contributed by atoms with Crippen molar-refractivity contribution in [2.45, 2.75) is 31.5 Å². The first-order valence-corrected chi connectivity index (χ1v) is 5.74. The first-order valence-electron chi connectivity index (χ1n) is 5.74. The normalized spacial score (nSPS) is 14.8. The lowest BCUT2D eigenvalue weighted by Gasteiger charge is -2.31. The second kappa shape index (κ2) is 5.61. The van der Waals surface area contributed by atoms with Gasteiger partial charge in [0.1, 0.15) is 0 Å². The first-order chi connectivity index (χ1) is 8.76. The molecule has 3 nitrogen and oxygen atoms in total. The summed E-state index contributed by atoms with van der Waals surface area (Å²) in [5, 5.41) is 9.92. The smallest absolute Gasteiger partial charge is 0.421 e. The molecular weight excluding hydrogens is 261 g/mol. The lowest BCUT2D eigenvalue weighted by atomic mass is 9.87. The summed E-state index contributed by atoms with van der Waals surface area (Å²) in [4.78, 5) is 11.3. The van der Waals surface area contributed by atoms with Gasteiger partial charge >= 0.3 is 12.1 Å². The minimum absolute atomic E-state index is 0.0289. The molecule has 0 saturated heterocycles. The van der Waals surface area contributed by atoms with Crippen LogP contribution in [0, 0.1) is 0 Å². The van der Waals surface area contributed by atoms with Crippen LogP contribution in [0.25, 0.3) is 0 Å². The van der Waals surface area contributed by atoms with Gasteiger partial charge < -0.3 is 9.84 Å². The Morgan fingerprint density at radius 3 is 2.47 bits per heavy atom. The lowest BCUT2D eigenvalue weighted by Crippen LogP contribution is -2.42. The van der Waals surface area contributed by atoms with Gasteiger partial charge in [0.05, 0.1) is 12.7 Å². The quantitative estimate of drug-likeness (QED) is 0.860. The van der Waals surface area contributed by atoms with E-state index in [4.69, 9.17) is 0 Å². The van der Waals surface area contributed by atoms with Crippen molar-refractivity contribution in [3.05, 3.63) is 35.4 Å². The van der Waals surface area contributed by atoms with Crippen LogP contribution in [0.15, 0.2) is 24.3 Å². The molecule has 1 rings (SSSR count). The van der Waals surface area contributed by atoms with Gasteiger partial charge in [-0.2, -0.15) is 13.2 Å². The Bertz CT molecular complexity index is 457. The minimum atomic E-state index is -4.81. The highest BCUT2D eigenvalue weighted by atomic mass is 19.4. The maximum atomic E-state index is 13.0. The maximum Gasteiger partial charge on any atom is 0.421 e. The molecule has 0 aliphatic carbocycles. The van der Waals surface area contributed by atoms with E-state index in [0.29, 0.717) is 0 Å². The molecule has 0 aliphatic heterocycles. The molecule has 1 aromatic rings. The number of ether oxygens (including phenoxy) is 1. The van der Waals surface area contributed by atoms with E-state index in [2.05, 4.69) is 4.74 Å². The number of esters is 1. The molecule has 106 valence electrons. The summed E-state index contributed by atoms with van der Waals surface area (Å²) in [5.41, 5.74) is -3.34. The fraction of sp³-hybridized carbons (Fsp3) is 0.462. The number of carbonyl (C=O) groups is 1. The zero-order valence-corrected chi connectivity index (χ0v) is 10.6. The van der Waals surface area contributed by atoms with Gasteiger partial charge in [-0.1, -0.05) is 25.5 Å². The molecule has 0 saturated carbocycles. The number of carbonyl (C=O) groups excluding carboxylic acids is 1. The fourth-order valence-corrected chi connectivity index (χ4v) is 1.83. The number of hydrogen-bond donors (Lipinski definition) is 1. The predicted octanol–water partition coefficient (Wildman–Crippen LogP) is 3.02. The van der Waals surface area contributed by atoms with E-state index in [0.717, 1.165) is 19.2 Å². The van der Waals surface area contributed by atoms with E-state index in [9.17, 15) is 23.1 Å². The third kappa shape index (κ3) is 3.07. The number of methoxy groups -OCH3 is 1. The summed E-state index contributed by atoms with van der Waals surface area (Å²) in [7, 11) is 1.14. The number of hydrogen-bond acceptors (Lipinski definition) is 3. The molecule has 0 fully saturated rings. The number of halogens is 3. The minimum Gasteiger partial charge on any atom is -0.465 e. The highest BCUT2D eigenvalue weighted by molar-refractivity contribution is 5.89. The zero-order chi connectivity index (χ0) is 14.7. The number of rotatable bonds is 4. The second-order valence-electron chi connectivity index (χ2n) is 4.18. The molecule has 1 unspecified atom stereocenters. The van der Waals surface area contributed by atoms with E-state index < -0.39 is 24.2 Å². The van der Waals surface area contributed by atoms with Crippen LogP contribution in [0.2, 0.25) is 0 Å². The van der Waals surface area contributed by atoms with Crippen LogP contribution >= 0.6 is 0 Å². The van der Waals surface area contributed by atoms with Gasteiger partial charge in [0.2, 0.25) is 0 Å². The van der Waals surface area contributed by atoms with Crippen molar-refractivity contribution in [3.8, 4) is 0 Å². The van der Waals surface area contributed by atoms with Gasteiger partial charge in [-0.05, 0) is 24.1 Å². The predicted molar refractivity (Wildman–Crippen MR) is 62.6 cm³/mol. The van der Waals surface area contributed by atoms with Crippen molar-refractivity contribution < 1.29 is 27.8 Å². The number of alkyl halides is 3. The third-order valence-electron chi connectivity index (χ3n) is 2.84. The van der Waals surface area contributed by atoms with Crippen molar-refractivity contribution in [2.75, 3.05) is 7.11 Å². The molecule has 1 N–H and O–H groups in total. The summed E-state index contributed by atoms with van der Waals surface area (Å²) in [5.74, 6) is -0.747. The summed E-state index contributed by atoms with van der Waals surface area (Å²) in [6, 6.07) is 4.77. The van der Waals surface area contributed by atoms with Crippen LogP contribution in [0.4, 0.5) is 13.2 Å². The van der Waals surface area contributed by atoms with Gasteiger partial charge in [0.15, 0.2) is 5.60 Å². The second-order valence-corrected chi connectivity index (χ2v) is 4.18. The Morgan fingerprint density at radius 2 is 2.00 bits per heavy atom. The molecule has 0 amide bonds. The Kier molecular flexibility index (Phi) is 4.57. The average Bonchev–Trinajstić information content (AvgIpc) is 2.36. The van der Waals surface area contributed by atoms with Gasteiger partial charge in [-0.15, -0.1) is 0 Å². The molecule has 6 heteroatoms. The van der Waals surface area contributed by atoms with Crippen LogP contribution < -0.4 is 0 Å². The Balaban J connectivity index is 3.28. The van der Waals surface area contributed by atoms with Crippen molar-refractivity contribution in [1.29, 1.82) is 0 Å². The molecule has 19 heavy (non-hydrogen) atoms. The molecule has 1 atom stereocenters. The van der Waals surface area contributed by atoms with Crippen LogP contribution in [0.1, 0.15) is 35.7 Å². The number of benzene rings is 1. The van der Waals surface area contributed by atoms with Gasteiger partial charge in [0.25, 0.3) is 0 Å². The van der Waals surface area contributed by atoms with Crippen molar-refractivity contribution in [1.82, 2.24) is 0 Å². The van der Waals surface area contributed by atoms with E-state index in [-0.39, 0.29) is 17.5 Å². The van der Waals surface area contributed by atoms with Crippen molar-refractivity contribution in [3.63, 3.8) is 0 Å². The third-order valence-corrected chi connectivity index (χ3v) is 2.84. The van der Waals surface area contributed by atoms with Crippen molar-refractivity contribution >= 4 is 5.97 Å². The van der Waals surface area contributed by atoms with Gasteiger partial charge in [-0.3, -0.25) is 0 Å². The molecule has 0 aliphatic rings. The van der Waals surface area contributed by atoms with Gasteiger partial charge in [-0.25, -0.2) is 4.79 Å². The summed E-state index contributed by atoms with van der Waals surface area (Å²) >= 11 is 0. The number of aliphatic hydroxyl groups is 1. The highest BCUT2D eigenvalue weighted by Crippen LogP contribution is 2.42. The van der Waals surface area contributed by atoms with Crippen LogP contribution in [-0.2, 0) is 10.3 Å². The molecule has 0 aromatic heterocycles. The lowest BCUT2D eigenvalue weighted by molar-refractivity contribution is -0.269. The van der Waals surface area contributed by atoms with Crippen LogP contribution in [0.3, 0.4) is 0 Å². The molecule has 0 spiro atoms. The van der Waals surface area contributed by atoms with E-state index in [1.807, 2.05) is 0 Å². The standard InChI is InChI=1S/C13H15F3O3/c1-3-7-12(18,13(14,15)16)10-6-4-5-9(8-10)11(17)19-2/h4-6,8,18H,3,7H2,1-2H3. The molecular formula is C13H15F3O3. The largest absolute Gasteiger partial charge is 0.465 e. The maximum absolute atomic E-state index is 13.0. The topological polar surface area (TPSA) is 46.5 Å². The Morgan fingerprint density at radius 1 is 1.37 bits per heavy atom. The average molecular weight is 276 g/mol. The van der Waals surface area contributed by atoms with E-state index >= 15 is 0 Å². The molecule has 1 aromatic carbocycles. The summed E-state index contributed by atoms with van der Waals surface area (Å²) in [6.07, 6.45) is -5.13. The van der Waals surface area contributed by atoms with Gasteiger partial charge in [0, 0.05) is 0 Å². The molecule has 0 heterocycles. The fourth-order valence-electron chi connectivity index (χ4n) is 1.83. The monoisotopic (exact) mass is 276 g/mol.